The van der Waals surface area contributed by atoms with Gasteiger partial charge in [0, 0.05) is 16.8 Å². The molecule has 0 radical (unpaired) electrons. The molecule has 3 N–H and O–H groups in total. The van der Waals surface area contributed by atoms with Crippen LogP contribution in [0.2, 0.25) is 0 Å². The summed E-state index contributed by atoms with van der Waals surface area (Å²) in [6.45, 7) is 1.99. The van der Waals surface area contributed by atoms with E-state index in [-0.39, 0.29) is 5.75 Å². The number of hydrogen-bond acceptors (Lipinski definition) is 5. The first-order valence-corrected chi connectivity index (χ1v) is 6.64. The summed E-state index contributed by atoms with van der Waals surface area (Å²) in [6.07, 6.45) is 0. The number of rotatable bonds is 3. The molecule has 16 heavy (non-hydrogen) atoms. The van der Waals surface area contributed by atoms with Crippen molar-refractivity contribution in [2.24, 2.45) is 0 Å². The minimum atomic E-state index is 0.138. The average molecular weight is 252 g/mol. The molecule has 0 aliphatic carbocycles. The predicted molar refractivity (Wildman–Crippen MR) is 68.9 cm³/mol. The van der Waals surface area contributed by atoms with Crippen LogP contribution in [0.25, 0.3) is 0 Å². The molecule has 3 nitrogen and oxygen atoms in total. The van der Waals surface area contributed by atoms with Crippen LogP contribution in [0.15, 0.2) is 27.9 Å². The fourth-order valence-corrected chi connectivity index (χ4v) is 3.03. The van der Waals surface area contributed by atoms with Gasteiger partial charge in [-0.3, -0.25) is 0 Å². The highest BCUT2D eigenvalue weighted by Gasteiger charge is 2.02. The van der Waals surface area contributed by atoms with Crippen molar-refractivity contribution >= 4 is 28.8 Å². The van der Waals surface area contributed by atoms with Crippen molar-refractivity contribution in [1.29, 1.82) is 0 Å². The summed E-state index contributed by atoms with van der Waals surface area (Å²) in [5, 5.41) is 11.3. The summed E-state index contributed by atoms with van der Waals surface area (Å²) in [5.74, 6) is 0.955. The Balaban J connectivity index is 2.02. The first-order chi connectivity index (χ1) is 7.65. The Hall–Kier alpha value is -1.20. The van der Waals surface area contributed by atoms with Crippen molar-refractivity contribution < 1.29 is 5.11 Å². The monoisotopic (exact) mass is 252 g/mol. The fraction of sp³-hybridized carbons (Fsp3) is 0.182. The number of anilines is 1. The zero-order chi connectivity index (χ0) is 11.5. The van der Waals surface area contributed by atoms with E-state index >= 15 is 0 Å². The molecule has 0 amide bonds. The quantitative estimate of drug-likeness (QED) is 0.501. The van der Waals surface area contributed by atoms with Gasteiger partial charge in [0.25, 0.3) is 0 Å². The van der Waals surface area contributed by atoms with Gasteiger partial charge in [0.2, 0.25) is 0 Å². The number of aromatic nitrogens is 1. The number of phenolic OH excluding ortho intramolecular Hbond substituents is 1. The largest absolute Gasteiger partial charge is 0.506 e. The van der Waals surface area contributed by atoms with E-state index in [4.69, 9.17) is 5.73 Å². The molecule has 2 aromatic rings. The van der Waals surface area contributed by atoms with Crippen molar-refractivity contribution in [2.75, 3.05) is 5.73 Å². The first kappa shape index (κ1) is 11.3. The van der Waals surface area contributed by atoms with Crippen molar-refractivity contribution in [2.45, 2.75) is 17.0 Å². The van der Waals surface area contributed by atoms with Gasteiger partial charge in [-0.1, -0.05) is 17.8 Å². The summed E-state index contributed by atoms with van der Waals surface area (Å²) in [6, 6.07) is 5.29. The summed E-state index contributed by atoms with van der Waals surface area (Å²) in [5.41, 5.74) is 8.19. The second kappa shape index (κ2) is 4.76. The number of aryl methyl sites for hydroxylation is 1. The van der Waals surface area contributed by atoms with Gasteiger partial charge in [0.1, 0.15) is 10.1 Å². The van der Waals surface area contributed by atoms with Gasteiger partial charge in [-0.05, 0) is 24.6 Å². The fourth-order valence-electron chi connectivity index (χ4n) is 1.24. The van der Waals surface area contributed by atoms with E-state index in [2.05, 4.69) is 4.98 Å². The average Bonchev–Trinajstić information content (AvgIpc) is 2.66. The minimum Gasteiger partial charge on any atom is -0.506 e. The standard InChI is InChI=1S/C11H12N2OS2/c1-7-5-15-11(13-7)16-6-8-2-3-10(14)9(12)4-8/h2-5,14H,6,12H2,1H3. The van der Waals surface area contributed by atoms with Gasteiger partial charge < -0.3 is 10.8 Å². The lowest BCUT2D eigenvalue weighted by atomic mass is 10.2. The molecule has 0 aliphatic rings. The van der Waals surface area contributed by atoms with E-state index in [0.717, 1.165) is 21.3 Å². The number of aromatic hydroxyl groups is 1. The first-order valence-electron chi connectivity index (χ1n) is 4.77. The Morgan fingerprint density at radius 1 is 1.50 bits per heavy atom. The number of nitrogens with zero attached hydrogens (tertiary/aromatic N) is 1. The molecule has 0 spiro atoms. The van der Waals surface area contributed by atoms with Gasteiger partial charge in [0.05, 0.1) is 5.69 Å². The maximum atomic E-state index is 9.29. The summed E-state index contributed by atoms with van der Waals surface area (Å²) < 4.78 is 1.06. The maximum Gasteiger partial charge on any atom is 0.150 e. The lowest BCUT2D eigenvalue weighted by Gasteiger charge is -2.02. The minimum absolute atomic E-state index is 0.138. The smallest absolute Gasteiger partial charge is 0.150 e. The number of hydrogen-bond donors (Lipinski definition) is 2. The Morgan fingerprint density at radius 3 is 2.94 bits per heavy atom. The molecule has 0 aliphatic heterocycles. The highest BCUT2D eigenvalue weighted by atomic mass is 32.2. The van der Waals surface area contributed by atoms with E-state index < -0.39 is 0 Å². The van der Waals surface area contributed by atoms with Crippen molar-refractivity contribution in [3.05, 3.63) is 34.8 Å². The molecule has 0 unspecified atom stereocenters. The van der Waals surface area contributed by atoms with Crippen LogP contribution in [0.4, 0.5) is 5.69 Å². The van der Waals surface area contributed by atoms with Gasteiger partial charge >= 0.3 is 0 Å². The third-order valence-electron chi connectivity index (χ3n) is 2.05. The Bertz CT molecular complexity index is 496. The molecular weight excluding hydrogens is 240 g/mol. The molecule has 0 fully saturated rings. The second-order valence-electron chi connectivity index (χ2n) is 3.44. The Kier molecular flexibility index (Phi) is 3.36. The summed E-state index contributed by atoms with van der Waals surface area (Å²) in [7, 11) is 0. The number of nitrogen functional groups attached to an aromatic ring is 1. The van der Waals surface area contributed by atoms with Crippen LogP contribution < -0.4 is 5.73 Å². The number of thioether (sulfide) groups is 1. The predicted octanol–water partition coefficient (Wildman–Crippen LogP) is 3.03. The van der Waals surface area contributed by atoms with Crippen LogP contribution in [0.1, 0.15) is 11.3 Å². The van der Waals surface area contributed by atoms with Crippen LogP contribution in [0.3, 0.4) is 0 Å². The number of phenols is 1. The zero-order valence-corrected chi connectivity index (χ0v) is 10.4. The van der Waals surface area contributed by atoms with Gasteiger partial charge in [0.15, 0.2) is 0 Å². The SMILES string of the molecule is Cc1csc(SCc2ccc(O)c(N)c2)n1. The van der Waals surface area contributed by atoms with Crippen molar-refractivity contribution in [3.63, 3.8) is 0 Å². The molecule has 0 saturated carbocycles. The second-order valence-corrected chi connectivity index (χ2v) is 5.52. The third kappa shape index (κ3) is 2.68. The van der Waals surface area contributed by atoms with Crippen LogP contribution in [0, 0.1) is 6.92 Å². The van der Waals surface area contributed by atoms with E-state index in [1.807, 2.05) is 18.4 Å². The summed E-state index contributed by atoms with van der Waals surface area (Å²) in [4.78, 5) is 4.37. The molecule has 84 valence electrons. The molecule has 1 aromatic carbocycles. The molecule has 0 saturated heterocycles. The molecular formula is C11H12N2OS2. The molecule has 5 heteroatoms. The van der Waals surface area contributed by atoms with Crippen LogP contribution >= 0.6 is 23.1 Å². The molecule has 0 bridgehead atoms. The normalized spacial score (nSPS) is 10.6. The molecule has 0 atom stereocenters. The van der Waals surface area contributed by atoms with Gasteiger partial charge in [-0.15, -0.1) is 11.3 Å². The Labute approximate surface area is 102 Å². The van der Waals surface area contributed by atoms with Gasteiger partial charge in [-0.25, -0.2) is 4.98 Å². The topological polar surface area (TPSA) is 59.1 Å². The number of thiazole rings is 1. The molecule has 2 rings (SSSR count). The lowest BCUT2D eigenvalue weighted by molar-refractivity contribution is 0.478. The third-order valence-corrected chi connectivity index (χ3v) is 4.26. The number of nitrogens with two attached hydrogens (primary N) is 1. The van der Waals surface area contributed by atoms with E-state index in [1.54, 1.807) is 35.2 Å². The highest BCUT2D eigenvalue weighted by molar-refractivity contribution is 8.00. The van der Waals surface area contributed by atoms with E-state index in [9.17, 15) is 5.11 Å². The van der Waals surface area contributed by atoms with Crippen LogP contribution in [-0.4, -0.2) is 10.1 Å². The molecule has 1 aromatic heterocycles. The number of benzene rings is 1. The van der Waals surface area contributed by atoms with Crippen molar-refractivity contribution in [3.8, 4) is 5.75 Å². The van der Waals surface area contributed by atoms with E-state index in [1.165, 1.54) is 0 Å². The van der Waals surface area contributed by atoms with Crippen LogP contribution in [0.5, 0.6) is 5.75 Å². The lowest BCUT2D eigenvalue weighted by Crippen LogP contribution is -1.88. The maximum absolute atomic E-state index is 9.29. The zero-order valence-electron chi connectivity index (χ0n) is 8.80. The van der Waals surface area contributed by atoms with Crippen LogP contribution in [-0.2, 0) is 5.75 Å². The van der Waals surface area contributed by atoms with E-state index in [0.29, 0.717) is 5.69 Å². The summed E-state index contributed by atoms with van der Waals surface area (Å²) >= 11 is 3.33. The molecule has 1 heterocycles. The van der Waals surface area contributed by atoms with Crippen molar-refractivity contribution in [1.82, 2.24) is 4.98 Å². The Morgan fingerprint density at radius 2 is 2.31 bits per heavy atom. The van der Waals surface area contributed by atoms with Gasteiger partial charge in [-0.2, -0.15) is 0 Å². The highest BCUT2D eigenvalue weighted by Crippen LogP contribution is 2.28.